The van der Waals surface area contributed by atoms with Crippen molar-refractivity contribution in [3.8, 4) is 0 Å². The normalized spacial score (nSPS) is 17.9. The Kier molecular flexibility index (Phi) is 8.11. The molecule has 10 nitrogen and oxygen atoms in total. The summed E-state index contributed by atoms with van der Waals surface area (Å²) >= 11 is 0. The summed E-state index contributed by atoms with van der Waals surface area (Å²) in [6, 6.07) is 7.41. The van der Waals surface area contributed by atoms with Gasteiger partial charge in [0.1, 0.15) is 5.82 Å². The number of Topliss-reactive ketones (excluding diaryl/α,β-unsaturated/α-hetero) is 1. The molecule has 1 aromatic carbocycles. The molecule has 2 atom stereocenters. The molecule has 0 bridgehead atoms. The van der Waals surface area contributed by atoms with Crippen molar-refractivity contribution in [1.82, 2.24) is 19.7 Å². The van der Waals surface area contributed by atoms with Crippen molar-refractivity contribution in [3.63, 3.8) is 0 Å². The van der Waals surface area contributed by atoms with E-state index in [4.69, 9.17) is 10.7 Å². The minimum atomic E-state index is -0.865. The van der Waals surface area contributed by atoms with Crippen LogP contribution in [-0.2, 0) is 12.6 Å². The van der Waals surface area contributed by atoms with Crippen molar-refractivity contribution in [2.45, 2.75) is 64.5 Å². The first-order valence-corrected chi connectivity index (χ1v) is 13.2. The van der Waals surface area contributed by atoms with Crippen molar-refractivity contribution >= 4 is 29.0 Å². The van der Waals surface area contributed by atoms with Crippen LogP contribution in [0.3, 0.4) is 0 Å². The number of anilines is 3. The number of amides is 1. The first kappa shape index (κ1) is 27.3. The highest BCUT2D eigenvalue weighted by Gasteiger charge is 2.32. The van der Waals surface area contributed by atoms with Crippen LogP contribution in [0.5, 0.6) is 0 Å². The zero-order chi connectivity index (χ0) is 27.4. The second kappa shape index (κ2) is 11.3. The molecule has 0 radical (unpaired) electrons. The number of aliphatic hydroxyl groups is 1. The van der Waals surface area contributed by atoms with E-state index in [9.17, 15) is 14.7 Å². The highest BCUT2D eigenvalue weighted by molar-refractivity contribution is 5.97. The molecule has 4 N–H and O–H groups in total. The van der Waals surface area contributed by atoms with Gasteiger partial charge in [0.15, 0.2) is 17.3 Å². The second-order valence-electron chi connectivity index (χ2n) is 10.1. The van der Waals surface area contributed by atoms with E-state index < -0.39 is 11.5 Å². The second-order valence-corrected chi connectivity index (χ2v) is 10.1. The third-order valence-corrected chi connectivity index (χ3v) is 7.76. The number of rotatable bonds is 10. The molecule has 1 aliphatic rings. The molecule has 1 amide bonds. The number of piperidine rings is 1. The molecular weight excluding hydrogens is 482 g/mol. The summed E-state index contributed by atoms with van der Waals surface area (Å²) < 4.78 is 1.64. The fraction of sp³-hybridized carbons (Fsp3) is 0.464. The van der Waals surface area contributed by atoms with Crippen LogP contribution in [0.25, 0.3) is 0 Å². The number of hydrogen-bond acceptors (Lipinski definition) is 8. The molecule has 0 spiro atoms. The fourth-order valence-corrected chi connectivity index (χ4v) is 5.21. The van der Waals surface area contributed by atoms with Gasteiger partial charge in [-0.05, 0) is 44.1 Å². The maximum absolute atomic E-state index is 13.2. The zero-order valence-electron chi connectivity index (χ0n) is 22.5. The van der Waals surface area contributed by atoms with Crippen molar-refractivity contribution in [2.75, 3.05) is 16.8 Å². The smallest absolute Gasteiger partial charge is 0.271 e. The van der Waals surface area contributed by atoms with E-state index in [0.717, 1.165) is 24.9 Å². The minimum absolute atomic E-state index is 0.0391. The number of ketones is 1. The Labute approximate surface area is 223 Å². The number of aryl methyl sites for hydroxylation is 1. The Hall–Kier alpha value is -3.79. The van der Waals surface area contributed by atoms with Crippen LogP contribution in [0, 0.1) is 5.92 Å². The lowest BCUT2D eigenvalue weighted by Gasteiger charge is -2.40. The van der Waals surface area contributed by atoms with E-state index >= 15 is 0 Å². The number of benzene rings is 1. The molecule has 2 aromatic heterocycles. The molecule has 0 saturated carbocycles. The largest absolute Gasteiger partial charge is 0.385 e. The number of carbonyl (C=O) groups is 2. The number of carbonyl (C=O) groups excluding carboxylic acids is 2. The maximum atomic E-state index is 13.2. The minimum Gasteiger partial charge on any atom is -0.385 e. The quantitative estimate of drug-likeness (QED) is 0.342. The molecule has 38 heavy (non-hydrogen) atoms. The lowest BCUT2D eigenvalue weighted by atomic mass is 9.84. The molecule has 0 aliphatic carbocycles. The van der Waals surface area contributed by atoms with E-state index in [1.807, 2.05) is 38.1 Å². The van der Waals surface area contributed by atoms with Gasteiger partial charge >= 0.3 is 0 Å². The van der Waals surface area contributed by atoms with Crippen molar-refractivity contribution in [1.29, 1.82) is 0 Å². The highest BCUT2D eigenvalue weighted by atomic mass is 16.3. The van der Waals surface area contributed by atoms with Gasteiger partial charge in [-0.1, -0.05) is 38.1 Å². The van der Waals surface area contributed by atoms with Gasteiger partial charge in [0.05, 0.1) is 23.7 Å². The van der Waals surface area contributed by atoms with Gasteiger partial charge in [0.25, 0.3) is 5.91 Å². The van der Waals surface area contributed by atoms with Crippen LogP contribution in [0.2, 0.25) is 0 Å². The molecule has 1 saturated heterocycles. The highest BCUT2D eigenvalue weighted by Crippen LogP contribution is 2.33. The molecule has 3 heterocycles. The summed E-state index contributed by atoms with van der Waals surface area (Å²) in [6.07, 6.45) is 8.45. The van der Waals surface area contributed by atoms with Gasteiger partial charge in [-0.25, -0.2) is 9.97 Å². The third kappa shape index (κ3) is 5.70. The first-order chi connectivity index (χ1) is 18.1. The predicted octanol–water partition coefficient (Wildman–Crippen LogP) is 3.94. The molecule has 1 fully saturated rings. The SMILES string of the molecule is CCC(O)(CC)c1ccc(C(=O)C[C@@H]2CCCN(c3cnc(C(N)=O)c(Nc4cnn(C)c4)n3)[C@@H]2C)cc1. The summed E-state index contributed by atoms with van der Waals surface area (Å²) in [5, 5.41) is 18.0. The lowest BCUT2D eigenvalue weighted by molar-refractivity contribution is 0.0283. The average molecular weight is 520 g/mol. The number of aromatic nitrogens is 4. The molecule has 10 heteroatoms. The van der Waals surface area contributed by atoms with Crippen molar-refractivity contribution in [2.24, 2.45) is 18.7 Å². The Morgan fingerprint density at radius 2 is 1.89 bits per heavy atom. The van der Waals surface area contributed by atoms with Gasteiger partial charge < -0.3 is 21.1 Å². The molecular formula is C28H37N7O3. The molecule has 202 valence electrons. The molecule has 1 aliphatic heterocycles. The molecule has 4 rings (SSSR count). The number of hydrogen-bond donors (Lipinski definition) is 3. The van der Waals surface area contributed by atoms with Crippen molar-refractivity contribution in [3.05, 3.63) is 59.7 Å². The Bertz CT molecular complexity index is 1280. The fourth-order valence-electron chi connectivity index (χ4n) is 5.21. The van der Waals surface area contributed by atoms with Gasteiger partial charge in [0, 0.05) is 37.8 Å². The van der Waals surface area contributed by atoms with Crippen LogP contribution in [0.1, 0.15) is 79.3 Å². The van der Waals surface area contributed by atoms with Crippen LogP contribution < -0.4 is 16.0 Å². The number of nitrogens with one attached hydrogen (secondary N) is 1. The van der Waals surface area contributed by atoms with E-state index in [1.54, 1.807) is 30.3 Å². The lowest BCUT2D eigenvalue weighted by Crippen LogP contribution is -2.44. The van der Waals surface area contributed by atoms with Crippen LogP contribution in [0.4, 0.5) is 17.3 Å². The average Bonchev–Trinajstić information content (AvgIpc) is 3.33. The van der Waals surface area contributed by atoms with Gasteiger partial charge in [-0.3, -0.25) is 14.3 Å². The summed E-state index contributed by atoms with van der Waals surface area (Å²) in [5.41, 5.74) is 6.89. The number of nitrogens with zero attached hydrogens (tertiary/aromatic N) is 5. The number of primary amides is 1. The van der Waals surface area contributed by atoms with Crippen LogP contribution >= 0.6 is 0 Å². The maximum Gasteiger partial charge on any atom is 0.271 e. The van der Waals surface area contributed by atoms with E-state index in [1.165, 1.54) is 0 Å². The zero-order valence-corrected chi connectivity index (χ0v) is 22.5. The molecule has 3 aromatic rings. The van der Waals surface area contributed by atoms with E-state index in [2.05, 4.69) is 27.2 Å². The summed E-state index contributed by atoms with van der Waals surface area (Å²) in [6.45, 7) is 6.79. The predicted molar refractivity (Wildman–Crippen MR) is 146 cm³/mol. The first-order valence-electron chi connectivity index (χ1n) is 13.2. The summed E-state index contributed by atoms with van der Waals surface area (Å²) in [5.74, 6) is 0.432. The van der Waals surface area contributed by atoms with Gasteiger partial charge in [-0.15, -0.1) is 0 Å². The third-order valence-electron chi connectivity index (χ3n) is 7.76. The van der Waals surface area contributed by atoms with Gasteiger partial charge in [-0.2, -0.15) is 5.10 Å². The van der Waals surface area contributed by atoms with Crippen LogP contribution in [0.15, 0.2) is 42.9 Å². The topological polar surface area (TPSA) is 139 Å². The number of nitrogens with two attached hydrogens (primary N) is 1. The van der Waals surface area contributed by atoms with E-state index in [-0.39, 0.29) is 29.3 Å². The summed E-state index contributed by atoms with van der Waals surface area (Å²) in [7, 11) is 1.80. The standard InChI is InChI=1S/C28H37N7O3/c1-5-28(38,6-2)21-11-9-19(10-12-21)23(36)14-20-8-7-13-35(18(20)3)24-16-30-25(26(29)37)27(33-24)32-22-15-31-34(4)17-22/h9-12,15-18,20,38H,5-8,13-14H2,1-4H3,(H2,29,37)(H,32,33)/t18-,20+/m1/s1. The Morgan fingerprint density at radius 3 is 2.50 bits per heavy atom. The molecule has 0 unspecified atom stereocenters. The Balaban J connectivity index is 1.50. The van der Waals surface area contributed by atoms with Crippen LogP contribution in [-0.4, -0.2) is 49.1 Å². The summed E-state index contributed by atoms with van der Waals surface area (Å²) in [4.78, 5) is 36.3. The Morgan fingerprint density at radius 1 is 1.18 bits per heavy atom. The van der Waals surface area contributed by atoms with Crippen molar-refractivity contribution < 1.29 is 14.7 Å². The van der Waals surface area contributed by atoms with Gasteiger partial charge in [0.2, 0.25) is 0 Å². The van der Waals surface area contributed by atoms with E-state index in [0.29, 0.717) is 36.3 Å². The monoisotopic (exact) mass is 519 g/mol.